The second-order valence-corrected chi connectivity index (χ2v) is 11.9. The molecule has 0 radical (unpaired) electrons. The minimum atomic E-state index is -0.967. The molecule has 0 spiro atoms. The molecule has 6 heteroatoms. The van der Waals surface area contributed by atoms with Crippen molar-refractivity contribution >= 4 is 30.1 Å². The lowest BCUT2D eigenvalue weighted by Gasteiger charge is -2.35. The maximum Gasteiger partial charge on any atom is 0.343 e. The number of carbonyl (C=O) groups excluding carboxylic acids is 3. The topological polar surface area (TPSA) is 78.9 Å². The summed E-state index contributed by atoms with van der Waals surface area (Å²) in [6.45, 7) is 18.3. The number of ether oxygens (including phenoxy) is 3. The average Bonchev–Trinajstić information content (AvgIpc) is 2.91. The number of esters is 3. The van der Waals surface area contributed by atoms with E-state index < -0.39 is 29.1 Å². The van der Waals surface area contributed by atoms with Gasteiger partial charge in [0.15, 0.2) is 0 Å². The van der Waals surface area contributed by atoms with E-state index in [2.05, 4.69) is 13.2 Å². The number of carbonyl (C=O) groups is 3. The second-order valence-electron chi connectivity index (χ2n) is 11.9. The highest BCUT2D eigenvalue weighted by molar-refractivity contribution is 5.94. The zero-order valence-corrected chi connectivity index (χ0v) is 25.5. The number of hydrogen-bond donors (Lipinski definition) is 0. The Hall–Kier alpha value is -4.45. The summed E-state index contributed by atoms with van der Waals surface area (Å²) in [4.78, 5) is 36.9. The van der Waals surface area contributed by atoms with Crippen LogP contribution in [0.5, 0.6) is 5.75 Å². The van der Waals surface area contributed by atoms with Crippen LogP contribution in [0.4, 0.5) is 0 Å². The normalized spacial score (nSPS) is 13.8. The first-order valence-corrected chi connectivity index (χ1v) is 13.8. The molecule has 1 atom stereocenters. The van der Waals surface area contributed by atoms with E-state index >= 15 is 0 Å². The number of rotatable bonds is 13. The average molecular weight is 571 g/mol. The SMILES string of the molecule is C=CC(=O)OC(C)(C)CC(C)(CC=Cc1ccc(OC(=O)C(C=Cc2ccccc2)=CC(C)(C)C)cc1)OC(=O)C=C. The van der Waals surface area contributed by atoms with Gasteiger partial charge in [-0.05, 0) is 55.5 Å². The Morgan fingerprint density at radius 3 is 1.90 bits per heavy atom. The van der Waals surface area contributed by atoms with Crippen molar-refractivity contribution in [3.8, 4) is 5.75 Å². The van der Waals surface area contributed by atoms with Crippen molar-refractivity contribution in [3.05, 3.63) is 115 Å². The molecule has 0 aliphatic rings. The summed E-state index contributed by atoms with van der Waals surface area (Å²) in [5, 5.41) is 0. The maximum atomic E-state index is 13.1. The standard InChI is InChI=1S/C36H42O6/c1-9-31(37)41-35(6,7)26-36(8,42-32(38)10-2)24-14-17-28-19-22-30(23-20-28)40-33(39)29(25-34(3,4)5)21-18-27-15-12-11-13-16-27/h9-23,25H,1-2,24,26H2,3-8H3. The predicted octanol–water partition coefficient (Wildman–Crippen LogP) is 8.07. The van der Waals surface area contributed by atoms with Gasteiger partial charge in [-0.15, -0.1) is 0 Å². The van der Waals surface area contributed by atoms with Crippen molar-refractivity contribution in [2.75, 3.05) is 0 Å². The van der Waals surface area contributed by atoms with Crippen molar-refractivity contribution in [2.45, 2.75) is 65.6 Å². The van der Waals surface area contributed by atoms with Crippen molar-refractivity contribution in [2.24, 2.45) is 5.41 Å². The number of benzene rings is 2. The van der Waals surface area contributed by atoms with Crippen molar-refractivity contribution in [3.63, 3.8) is 0 Å². The van der Waals surface area contributed by atoms with Gasteiger partial charge in [0, 0.05) is 25.0 Å². The van der Waals surface area contributed by atoms with Crippen LogP contribution in [0.1, 0.15) is 65.5 Å². The van der Waals surface area contributed by atoms with Crippen LogP contribution in [0, 0.1) is 5.41 Å². The first kappa shape index (κ1) is 33.8. The zero-order chi connectivity index (χ0) is 31.4. The third-order valence-corrected chi connectivity index (χ3v) is 5.89. The largest absolute Gasteiger partial charge is 0.456 e. The van der Waals surface area contributed by atoms with Crippen molar-refractivity contribution < 1.29 is 28.6 Å². The van der Waals surface area contributed by atoms with Gasteiger partial charge < -0.3 is 14.2 Å². The van der Waals surface area contributed by atoms with E-state index in [4.69, 9.17) is 14.2 Å². The highest BCUT2D eigenvalue weighted by Gasteiger charge is 2.36. The summed E-state index contributed by atoms with van der Waals surface area (Å²) in [5.41, 5.74) is 0.214. The first-order valence-electron chi connectivity index (χ1n) is 13.8. The molecule has 0 saturated carbocycles. The fraction of sp³-hybridized carbons (Fsp3) is 0.306. The molecule has 0 aromatic heterocycles. The van der Waals surface area contributed by atoms with E-state index in [1.165, 1.54) is 0 Å². The maximum absolute atomic E-state index is 13.1. The molecule has 2 rings (SSSR count). The monoisotopic (exact) mass is 570 g/mol. The van der Waals surface area contributed by atoms with Crippen LogP contribution >= 0.6 is 0 Å². The minimum Gasteiger partial charge on any atom is -0.456 e. The van der Waals surface area contributed by atoms with Crippen LogP contribution < -0.4 is 4.74 Å². The molecular weight excluding hydrogens is 528 g/mol. The van der Waals surface area contributed by atoms with Crippen LogP contribution in [0.3, 0.4) is 0 Å². The third kappa shape index (κ3) is 12.4. The number of allylic oxidation sites excluding steroid dienone is 1. The van der Waals surface area contributed by atoms with E-state index in [9.17, 15) is 14.4 Å². The molecule has 0 bridgehead atoms. The van der Waals surface area contributed by atoms with Crippen molar-refractivity contribution in [1.82, 2.24) is 0 Å². The van der Waals surface area contributed by atoms with Gasteiger partial charge in [-0.1, -0.05) is 101 Å². The number of hydrogen-bond acceptors (Lipinski definition) is 6. The lowest BCUT2D eigenvalue weighted by atomic mass is 9.87. The fourth-order valence-corrected chi connectivity index (χ4v) is 4.33. The molecule has 1 unspecified atom stereocenters. The molecular formula is C36H42O6. The van der Waals surface area contributed by atoms with Crippen LogP contribution in [-0.2, 0) is 23.9 Å². The van der Waals surface area contributed by atoms with Gasteiger partial charge in [-0.3, -0.25) is 0 Å². The Kier molecular flexibility index (Phi) is 12.0. The molecule has 0 N–H and O–H groups in total. The molecule has 0 aliphatic carbocycles. The zero-order valence-electron chi connectivity index (χ0n) is 25.5. The minimum absolute atomic E-state index is 0.221. The van der Waals surface area contributed by atoms with Crippen LogP contribution in [0.15, 0.2) is 104 Å². The summed E-state index contributed by atoms with van der Waals surface area (Å²) < 4.78 is 16.8. The van der Waals surface area contributed by atoms with Crippen LogP contribution in [0.25, 0.3) is 12.2 Å². The van der Waals surface area contributed by atoms with E-state index in [0.29, 0.717) is 17.7 Å². The van der Waals surface area contributed by atoms with E-state index in [-0.39, 0.29) is 11.8 Å². The molecule has 0 fully saturated rings. The van der Waals surface area contributed by atoms with Gasteiger partial charge in [0.05, 0.1) is 5.57 Å². The molecule has 0 amide bonds. The van der Waals surface area contributed by atoms with Crippen LogP contribution in [-0.4, -0.2) is 29.1 Å². The molecule has 0 aliphatic heterocycles. The fourth-order valence-electron chi connectivity index (χ4n) is 4.33. The lowest BCUT2D eigenvalue weighted by Crippen LogP contribution is -2.41. The Morgan fingerprint density at radius 1 is 0.762 bits per heavy atom. The van der Waals surface area contributed by atoms with Gasteiger partial charge in [-0.25, -0.2) is 14.4 Å². The Morgan fingerprint density at radius 2 is 1.33 bits per heavy atom. The summed E-state index contributed by atoms with van der Waals surface area (Å²) in [7, 11) is 0. The Labute approximate surface area is 250 Å². The smallest absolute Gasteiger partial charge is 0.343 e. The summed E-state index contributed by atoms with van der Waals surface area (Å²) in [6.07, 6.45) is 12.1. The van der Waals surface area contributed by atoms with Gasteiger partial charge in [-0.2, -0.15) is 0 Å². The summed E-state index contributed by atoms with van der Waals surface area (Å²) >= 11 is 0. The second kappa shape index (κ2) is 15.0. The van der Waals surface area contributed by atoms with E-state index in [0.717, 1.165) is 23.3 Å². The molecule has 42 heavy (non-hydrogen) atoms. The predicted molar refractivity (Wildman–Crippen MR) is 168 cm³/mol. The molecule has 222 valence electrons. The van der Waals surface area contributed by atoms with Gasteiger partial charge in [0.1, 0.15) is 17.0 Å². The molecule has 6 nitrogen and oxygen atoms in total. The highest BCUT2D eigenvalue weighted by Crippen LogP contribution is 2.31. The van der Waals surface area contributed by atoms with Gasteiger partial charge >= 0.3 is 17.9 Å². The molecule has 2 aromatic carbocycles. The van der Waals surface area contributed by atoms with Gasteiger partial charge in [0.25, 0.3) is 0 Å². The Balaban J connectivity index is 2.14. The first-order chi connectivity index (χ1) is 19.6. The quantitative estimate of drug-likeness (QED) is 0.105. The molecule has 2 aromatic rings. The highest BCUT2D eigenvalue weighted by atomic mass is 16.6. The van der Waals surface area contributed by atoms with E-state index in [1.54, 1.807) is 39.0 Å². The molecule has 0 saturated heterocycles. The van der Waals surface area contributed by atoms with E-state index in [1.807, 2.05) is 87.5 Å². The molecule has 0 heterocycles. The van der Waals surface area contributed by atoms with Gasteiger partial charge in [0.2, 0.25) is 0 Å². The van der Waals surface area contributed by atoms with Crippen LogP contribution in [0.2, 0.25) is 0 Å². The summed E-state index contributed by atoms with van der Waals surface area (Å²) in [6, 6.07) is 16.9. The summed E-state index contributed by atoms with van der Waals surface area (Å²) in [5.74, 6) is -1.15. The van der Waals surface area contributed by atoms with Crippen molar-refractivity contribution in [1.29, 1.82) is 0 Å². The third-order valence-electron chi connectivity index (χ3n) is 5.89. The Bertz CT molecular complexity index is 1340. The lowest BCUT2D eigenvalue weighted by molar-refractivity contribution is -0.165.